The fourth-order valence-corrected chi connectivity index (χ4v) is 5.25. The number of thiazole rings is 1. The van der Waals surface area contributed by atoms with E-state index in [1.54, 1.807) is 4.90 Å². The van der Waals surface area contributed by atoms with Crippen LogP contribution in [0.15, 0.2) is 42.5 Å². The van der Waals surface area contributed by atoms with E-state index in [9.17, 15) is 9.59 Å². The van der Waals surface area contributed by atoms with Gasteiger partial charge in [-0.1, -0.05) is 23.5 Å². The molecule has 154 valence electrons. The summed E-state index contributed by atoms with van der Waals surface area (Å²) in [5.74, 6) is -0.524. The smallest absolute Gasteiger partial charge is 0.231 e. The van der Waals surface area contributed by atoms with Crippen LogP contribution in [0.25, 0.3) is 10.2 Å². The van der Waals surface area contributed by atoms with Gasteiger partial charge in [0, 0.05) is 37.4 Å². The number of para-hydroxylation sites is 1. The molecule has 0 spiro atoms. The molecule has 2 fully saturated rings. The van der Waals surface area contributed by atoms with Crippen LogP contribution >= 0.6 is 11.3 Å². The van der Waals surface area contributed by atoms with Crippen LogP contribution in [-0.4, -0.2) is 36.4 Å². The molecule has 0 aliphatic carbocycles. The van der Waals surface area contributed by atoms with Gasteiger partial charge in [0.05, 0.1) is 16.1 Å². The molecular weight excluding hydrogens is 396 g/mol. The zero-order valence-electron chi connectivity index (χ0n) is 16.9. The van der Waals surface area contributed by atoms with E-state index in [0.29, 0.717) is 11.7 Å². The van der Waals surface area contributed by atoms with Crippen LogP contribution in [0.2, 0.25) is 0 Å². The van der Waals surface area contributed by atoms with Gasteiger partial charge in [-0.2, -0.15) is 0 Å². The second-order valence-electron chi connectivity index (χ2n) is 8.05. The Balaban J connectivity index is 1.27. The highest BCUT2D eigenvalue weighted by Crippen LogP contribution is 2.31. The monoisotopic (exact) mass is 420 g/mol. The summed E-state index contributed by atoms with van der Waals surface area (Å²) in [5, 5.41) is 3.51. The Kier molecular flexibility index (Phi) is 4.90. The van der Waals surface area contributed by atoms with E-state index in [2.05, 4.69) is 27.3 Å². The van der Waals surface area contributed by atoms with Gasteiger partial charge < -0.3 is 15.1 Å². The largest absolute Gasteiger partial charge is 0.372 e. The highest BCUT2D eigenvalue weighted by atomic mass is 32.1. The van der Waals surface area contributed by atoms with Crippen molar-refractivity contribution < 1.29 is 9.59 Å². The molecule has 0 bridgehead atoms. The van der Waals surface area contributed by atoms with Crippen molar-refractivity contribution in [2.45, 2.75) is 26.2 Å². The Labute approximate surface area is 179 Å². The topological polar surface area (TPSA) is 65.5 Å². The molecular formula is C23H24N4O2S. The fourth-order valence-electron chi connectivity index (χ4n) is 4.30. The van der Waals surface area contributed by atoms with Crippen molar-refractivity contribution in [3.63, 3.8) is 0 Å². The summed E-state index contributed by atoms with van der Waals surface area (Å²) < 4.78 is 1.05. The van der Waals surface area contributed by atoms with Crippen LogP contribution in [-0.2, 0) is 9.59 Å². The van der Waals surface area contributed by atoms with Crippen molar-refractivity contribution in [1.29, 1.82) is 0 Å². The maximum absolute atomic E-state index is 12.8. The standard InChI is InChI=1S/C23H24N4O2S/c1-15-5-4-6-19-21(15)24-23(30-19)25-22(29)16-13-20(28)27(14-16)18-9-7-17(8-10-18)26-11-2-3-12-26/h4-10,16H,2-3,11-14H2,1H3,(H,24,25,29). The number of anilines is 3. The molecule has 2 amide bonds. The molecule has 0 saturated carbocycles. The molecule has 2 aliphatic rings. The maximum atomic E-state index is 12.8. The van der Waals surface area contributed by atoms with Gasteiger partial charge in [-0.05, 0) is 55.7 Å². The molecule has 1 aromatic heterocycles. The zero-order chi connectivity index (χ0) is 20.7. The number of rotatable bonds is 4. The van der Waals surface area contributed by atoms with Gasteiger partial charge in [0.1, 0.15) is 0 Å². The Morgan fingerprint density at radius 3 is 2.57 bits per heavy atom. The van der Waals surface area contributed by atoms with Crippen molar-refractivity contribution in [2.75, 3.05) is 34.8 Å². The normalized spacial score (nSPS) is 19.1. The predicted octanol–water partition coefficient (Wildman–Crippen LogP) is 4.20. The van der Waals surface area contributed by atoms with Crippen molar-refractivity contribution >= 4 is 49.9 Å². The van der Waals surface area contributed by atoms with Crippen molar-refractivity contribution in [1.82, 2.24) is 4.98 Å². The zero-order valence-corrected chi connectivity index (χ0v) is 17.7. The van der Waals surface area contributed by atoms with Crippen molar-refractivity contribution in [2.24, 2.45) is 5.92 Å². The Bertz CT molecular complexity index is 1100. The van der Waals surface area contributed by atoms with Crippen molar-refractivity contribution in [3.8, 4) is 0 Å². The molecule has 3 heterocycles. The van der Waals surface area contributed by atoms with Gasteiger partial charge in [0.15, 0.2) is 5.13 Å². The van der Waals surface area contributed by atoms with Gasteiger partial charge in [-0.15, -0.1) is 0 Å². The SMILES string of the molecule is Cc1cccc2sc(NC(=O)C3CC(=O)N(c4ccc(N5CCCC5)cc4)C3)nc12. The van der Waals surface area contributed by atoms with Crippen LogP contribution in [0.5, 0.6) is 0 Å². The number of nitrogens with zero attached hydrogens (tertiary/aromatic N) is 3. The molecule has 1 unspecified atom stereocenters. The molecule has 2 saturated heterocycles. The third kappa shape index (κ3) is 3.54. The lowest BCUT2D eigenvalue weighted by Crippen LogP contribution is -2.28. The van der Waals surface area contributed by atoms with Gasteiger partial charge in [-0.3, -0.25) is 9.59 Å². The van der Waals surface area contributed by atoms with Gasteiger partial charge >= 0.3 is 0 Å². The molecule has 1 atom stereocenters. The Morgan fingerprint density at radius 1 is 1.10 bits per heavy atom. The second kappa shape index (κ2) is 7.72. The highest BCUT2D eigenvalue weighted by molar-refractivity contribution is 7.22. The van der Waals surface area contributed by atoms with E-state index in [1.165, 1.54) is 29.9 Å². The molecule has 5 rings (SSSR count). The minimum Gasteiger partial charge on any atom is -0.372 e. The van der Waals surface area contributed by atoms with E-state index in [4.69, 9.17) is 0 Å². The highest BCUT2D eigenvalue weighted by Gasteiger charge is 2.35. The van der Waals surface area contributed by atoms with Gasteiger partial charge in [0.25, 0.3) is 0 Å². The lowest BCUT2D eigenvalue weighted by molar-refractivity contribution is -0.122. The summed E-state index contributed by atoms with van der Waals surface area (Å²) in [6, 6.07) is 14.1. The maximum Gasteiger partial charge on any atom is 0.231 e. The van der Waals surface area contributed by atoms with Crippen LogP contribution < -0.4 is 15.1 Å². The predicted molar refractivity (Wildman–Crippen MR) is 121 cm³/mol. The van der Waals surface area contributed by atoms with Crippen molar-refractivity contribution in [3.05, 3.63) is 48.0 Å². The van der Waals surface area contributed by atoms with Crippen LogP contribution in [0.1, 0.15) is 24.8 Å². The molecule has 2 aliphatic heterocycles. The first-order chi connectivity index (χ1) is 14.6. The first-order valence-corrected chi connectivity index (χ1v) is 11.2. The number of hydrogen-bond donors (Lipinski definition) is 1. The number of amides is 2. The summed E-state index contributed by atoms with van der Waals surface area (Å²) >= 11 is 1.46. The average molecular weight is 421 g/mol. The number of hydrogen-bond acceptors (Lipinski definition) is 5. The summed E-state index contributed by atoms with van der Waals surface area (Å²) in [7, 11) is 0. The minimum absolute atomic E-state index is 0.00998. The molecule has 30 heavy (non-hydrogen) atoms. The molecule has 0 radical (unpaired) electrons. The minimum atomic E-state index is -0.371. The number of carbonyl (C=O) groups is 2. The molecule has 2 aromatic carbocycles. The van der Waals surface area contributed by atoms with E-state index < -0.39 is 0 Å². The van der Waals surface area contributed by atoms with E-state index in [-0.39, 0.29) is 24.2 Å². The van der Waals surface area contributed by atoms with Crippen LogP contribution in [0.4, 0.5) is 16.5 Å². The molecule has 1 N–H and O–H groups in total. The summed E-state index contributed by atoms with van der Waals surface area (Å²) in [6.45, 7) is 4.60. The van der Waals surface area contributed by atoms with E-state index in [1.807, 2.05) is 37.3 Å². The Morgan fingerprint density at radius 2 is 1.83 bits per heavy atom. The van der Waals surface area contributed by atoms with Gasteiger partial charge in [0.2, 0.25) is 11.8 Å². The summed E-state index contributed by atoms with van der Waals surface area (Å²) in [5.41, 5.74) is 4.06. The number of nitrogens with one attached hydrogen (secondary N) is 1. The third-order valence-corrected chi connectivity index (χ3v) is 6.92. The first-order valence-electron chi connectivity index (χ1n) is 10.4. The van der Waals surface area contributed by atoms with Crippen LogP contribution in [0, 0.1) is 12.8 Å². The summed E-state index contributed by atoms with van der Waals surface area (Å²) in [6.07, 6.45) is 2.69. The second-order valence-corrected chi connectivity index (χ2v) is 9.08. The molecule has 6 nitrogen and oxygen atoms in total. The lowest BCUT2D eigenvalue weighted by atomic mass is 10.1. The fraction of sp³-hybridized carbons (Fsp3) is 0.348. The molecule has 7 heteroatoms. The Hall–Kier alpha value is -2.93. The first kappa shape index (κ1) is 19.1. The number of aryl methyl sites for hydroxylation is 1. The van der Waals surface area contributed by atoms with Crippen LogP contribution in [0.3, 0.4) is 0 Å². The van der Waals surface area contributed by atoms with E-state index >= 15 is 0 Å². The lowest BCUT2D eigenvalue weighted by Gasteiger charge is -2.20. The number of fused-ring (bicyclic) bond motifs is 1. The number of aromatic nitrogens is 1. The van der Waals surface area contributed by atoms with Gasteiger partial charge in [-0.25, -0.2) is 4.98 Å². The third-order valence-electron chi connectivity index (χ3n) is 5.98. The summed E-state index contributed by atoms with van der Waals surface area (Å²) in [4.78, 5) is 34.0. The number of benzene rings is 2. The number of carbonyl (C=O) groups excluding carboxylic acids is 2. The molecule has 3 aromatic rings. The average Bonchev–Trinajstić information content (AvgIpc) is 3.48. The quantitative estimate of drug-likeness (QED) is 0.687. The van der Waals surface area contributed by atoms with E-state index in [0.717, 1.165) is 34.6 Å².